The largest absolute Gasteiger partial charge is 0.460 e. The van der Waals surface area contributed by atoms with E-state index in [0.29, 0.717) is 17.6 Å². The topological polar surface area (TPSA) is 61.0 Å². The van der Waals surface area contributed by atoms with Crippen molar-refractivity contribution in [2.75, 3.05) is 0 Å². The van der Waals surface area contributed by atoms with Crippen molar-refractivity contribution in [1.82, 2.24) is 9.97 Å². The van der Waals surface area contributed by atoms with E-state index in [-0.39, 0.29) is 11.1 Å². The SMILES string of the molecule is CC1CCC(Oc2nccc(C(N)=S)n2)CC1C. The normalized spacial score (nSPS) is 27.8. The Bertz CT molecular complexity index is 438. The Morgan fingerprint density at radius 1 is 1.39 bits per heavy atom. The van der Waals surface area contributed by atoms with Crippen LogP contribution in [0.15, 0.2) is 12.3 Å². The summed E-state index contributed by atoms with van der Waals surface area (Å²) < 4.78 is 5.83. The molecule has 18 heavy (non-hydrogen) atoms. The highest BCUT2D eigenvalue weighted by atomic mass is 32.1. The van der Waals surface area contributed by atoms with Crippen molar-refractivity contribution in [2.24, 2.45) is 17.6 Å². The van der Waals surface area contributed by atoms with Crippen LogP contribution in [0.25, 0.3) is 0 Å². The Hall–Kier alpha value is -1.23. The Kier molecular flexibility index (Phi) is 4.11. The molecule has 1 heterocycles. The van der Waals surface area contributed by atoms with Gasteiger partial charge in [-0.05, 0) is 37.2 Å². The average molecular weight is 265 g/mol. The van der Waals surface area contributed by atoms with Gasteiger partial charge in [0.25, 0.3) is 0 Å². The monoisotopic (exact) mass is 265 g/mol. The molecule has 1 aliphatic carbocycles. The minimum absolute atomic E-state index is 0.206. The predicted molar refractivity (Wildman–Crippen MR) is 74.5 cm³/mol. The Morgan fingerprint density at radius 3 is 2.83 bits per heavy atom. The Labute approximate surface area is 113 Å². The standard InChI is InChI=1S/C13H19N3OS/c1-8-3-4-10(7-9(8)2)17-13-15-6-5-11(16-13)12(14)18/h5-6,8-10H,3-4,7H2,1-2H3,(H2,14,18). The molecule has 0 amide bonds. The minimum Gasteiger partial charge on any atom is -0.460 e. The molecule has 98 valence electrons. The molecule has 4 nitrogen and oxygen atoms in total. The van der Waals surface area contributed by atoms with E-state index in [4.69, 9.17) is 22.7 Å². The average Bonchev–Trinajstić information content (AvgIpc) is 2.34. The van der Waals surface area contributed by atoms with Crippen LogP contribution in [0.3, 0.4) is 0 Å². The van der Waals surface area contributed by atoms with E-state index in [9.17, 15) is 0 Å². The van der Waals surface area contributed by atoms with Crippen LogP contribution in [0.4, 0.5) is 0 Å². The maximum Gasteiger partial charge on any atom is 0.317 e. The van der Waals surface area contributed by atoms with Gasteiger partial charge in [-0.2, -0.15) is 4.98 Å². The second-order valence-electron chi connectivity index (χ2n) is 5.10. The number of rotatable bonds is 3. The third-order valence-electron chi connectivity index (χ3n) is 3.71. The molecule has 1 aromatic rings. The Morgan fingerprint density at radius 2 is 2.17 bits per heavy atom. The fraction of sp³-hybridized carbons (Fsp3) is 0.615. The van der Waals surface area contributed by atoms with Gasteiger partial charge < -0.3 is 10.5 Å². The molecule has 1 fully saturated rings. The maximum absolute atomic E-state index is 5.83. The van der Waals surface area contributed by atoms with Gasteiger partial charge in [-0.15, -0.1) is 0 Å². The van der Waals surface area contributed by atoms with Gasteiger partial charge in [0.05, 0.1) is 0 Å². The van der Waals surface area contributed by atoms with Crippen LogP contribution in [-0.2, 0) is 0 Å². The highest BCUT2D eigenvalue weighted by Crippen LogP contribution is 2.31. The van der Waals surface area contributed by atoms with Gasteiger partial charge >= 0.3 is 6.01 Å². The van der Waals surface area contributed by atoms with Gasteiger partial charge in [0.1, 0.15) is 16.8 Å². The van der Waals surface area contributed by atoms with Gasteiger partial charge in [0.2, 0.25) is 0 Å². The van der Waals surface area contributed by atoms with Gasteiger partial charge in [-0.3, -0.25) is 0 Å². The second kappa shape index (κ2) is 5.61. The summed E-state index contributed by atoms with van der Waals surface area (Å²) in [7, 11) is 0. The van der Waals surface area contributed by atoms with E-state index in [1.165, 1.54) is 6.42 Å². The molecule has 0 radical (unpaired) electrons. The molecule has 0 bridgehead atoms. The minimum atomic E-state index is 0.206. The van der Waals surface area contributed by atoms with Crippen LogP contribution >= 0.6 is 12.2 Å². The zero-order valence-corrected chi connectivity index (χ0v) is 11.6. The molecule has 5 heteroatoms. The third kappa shape index (κ3) is 3.16. The number of aromatic nitrogens is 2. The first kappa shape index (κ1) is 13.2. The molecule has 2 rings (SSSR count). The molecule has 0 aliphatic heterocycles. The van der Waals surface area contributed by atoms with Crippen molar-refractivity contribution < 1.29 is 4.74 Å². The molecule has 1 aliphatic rings. The van der Waals surface area contributed by atoms with Crippen LogP contribution in [0, 0.1) is 11.8 Å². The number of nitrogens with two attached hydrogens (primary N) is 1. The summed E-state index contributed by atoms with van der Waals surface area (Å²) in [5, 5.41) is 0. The number of thiocarbonyl (C=S) groups is 1. The molecular weight excluding hydrogens is 246 g/mol. The quantitative estimate of drug-likeness (QED) is 0.850. The van der Waals surface area contributed by atoms with Gasteiger partial charge in [-0.1, -0.05) is 26.1 Å². The molecule has 2 N–H and O–H groups in total. The van der Waals surface area contributed by atoms with Crippen LogP contribution in [0.1, 0.15) is 38.8 Å². The van der Waals surface area contributed by atoms with Gasteiger partial charge in [0.15, 0.2) is 0 Å². The van der Waals surface area contributed by atoms with Crippen molar-refractivity contribution in [1.29, 1.82) is 0 Å². The van der Waals surface area contributed by atoms with Crippen LogP contribution in [0.2, 0.25) is 0 Å². The molecule has 0 saturated heterocycles. The highest BCUT2D eigenvalue weighted by Gasteiger charge is 2.26. The summed E-state index contributed by atoms with van der Waals surface area (Å²) in [5.74, 6) is 1.45. The van der Waals surface area contributed by atoms with Crippen molar-refractivity contribution in [3.8, 4) is 6.01 Å². The first-order valence-corrected chi connectivity index (χ1v) is 6.76. The number of nitrogens with zero attached hydrogens (tertiary/aromatic N) is 2. The van der Waals surface area contributed by atoms with E-state index in [1.54, 1.807) is 12.3 Å². The lowest BCUT2D eigenvalue weighted by Gasteiger charge is -2.31. The number of hydrogen-bond donors (Lipinski definition) is 1. The summed E-state index contributed by atoms with van der Waals surface area (Å²) in [6.45, 7) is 4.57. The van der Waals surface area contributed by atoms with Gasteiger partial charge in [0, 0.05) is 6.20 Å². The van der Waals surface area contributed by atoms with Crippen LogP contribution < -0.4 is 10.5 Å². The lowest BCUT2D eigenvalue weighted by molar-refractivity contribution is 0.0918. The summed E-state index contributed by atoms with van der Waals surface area (Å²) in [4.78, 5) is 8.59. The first-order valence-electron chi connectivity index (χ1n) is 6.35. The lowest BCUT2D eigenvalue weighted by atomic mass is 9.80. The smallest absolute Gasteiger partial charge is 0.317 e. The molecule has 3 atom stereocenters. The Balaban J connectivity index is 2.01. The first-order chi connectivity index (χ1) is 8.56. The summed E-state index contributed by atoms with van der Waals surface area (Å²) in [6, 6.07) is 2.08. The second-order valence-corrected chi connectivity index (χ2v) is 5.54. The van der Waals surface area contributed by atoms with E-state index >= 15 is 0 Å². The fourth-order valence-corrected chi connectivity index (χ4v) is 2.40. The predicted octanol–water partition coefficient (Wildman–Crippen LogP) is 2.31. The van der Waals surface area contributed by atoms with Crippen molar-refractivity contribution in [3.63, 3.8) is 0 Å². The summed E-state index contributed by atoms with van der Waals surface area (Å²) in [5.41, 5.74) is 6.10. The highest BCUT2D eigenvalue weighted by molar-refractivity contribution is 7.80. The molecule has 1 aromatic heterocycles. The van der Waals surface area contributed by atoms with Crippen LogP contribution in [-0.4, -0.2) is 21.1 Å². The van der Waals surface area contributed by atoms with E-state index in [0.717, 1.165) is 18.8 Å². The van der Waals surface area contributed by atoms with Gasteiger partial charge in [-0.25, -0.2) is 4.98 Å². The molecular formula is C13H19N3OS. The molecule has 3 unspecified atom stereocenters. The fourth-order valence-electron chi connectivity index (χ4n) is 2.29. The van der Waals surface area contributed by atoms with E-state index in [2.05, 4.69) is 23.8 Å². The zero-order chi connectivity index (χ0) is 13.1. The van der Waals surface area contributed by atoms with Crippen LogP contribution in [0.5, 0.6) is 6.01 Å². The number of ether oxygens (including phenoxy) is 1. The van der Waals surface area contributed by atoms with Crippen molar-refractivity contribution >= 4 is 17.2 Å². The zero-order valence-electron chi connectivity index (χ0n) is 10.8. The lowest BCUT2D eigenvalue weighted by Crippen LogP contribution is -2.29. The van der Waals surface area contributed by atoms with E-state index in [1.807, 2.05) is 0 Å². The number of hydrogen-bond acceptors (Lipinski definition) is 4. The van der Waals surface area contributed by atoms with Crippen molar-refractivity contribution in [2.45, 2.75) is 39.2 Å². The molecule has 0 aromatic carbocycles. The third-order valence-corrected chi connectivity index (χ3v) is 3.92. The van der Waals surface area contributed by atoms with E-state index < -0.39 is 0 Å². The summed E-state index contributed by atoms with van der Waals surface area (Å²) >= 11 is 4.89. The summed E-state index contributed by atoms with van der Waals surface area (Å²) in [6.07, 6.45) is 5.15. The maximum atomic E-state index is 5.83. The molecule has 1 saturated carbocycles. The van der Waals surface area contributed by atoms with Crippen molar-refractivity contribution in [3.05, 3.63) is 18.0 Å². The molecule has 0 spiro atoms.